The van der Waals surface area contributed by atoms with Crippen LogP contribution in [0.1, 0.15) is 11.3 Å². The van der Waals surface area contributed by atoms with Gasteiger partial charge < -0.3 is 9.26 Å². The molecule has 0 fully saturated rings. The summed E-state index contributed by atoms with van der Waals surface area (Å²) in [4.78, 5) is 0. The van der Waals surface area contributed by atoms with Crippen molar-refractivity contribution in [3.05, 3.63) is 35.5 Å². The summed E-state index contributed by atoms with van der Waals surface area (Å²) < 4.78 is 10.5. The maximum atomic E-state index is 5.25. The van der Waals surface area contributed by atoms with Gasteiger partial charge in [-0.25, -0.2) is 0 Å². The van der Waals surface area contributed by atoms with E-state index < -0.39 is 0 Å². The van der Waals surface area contributed by atoms with E-state index in [2.05, 4.69) is 21.1 Å². The topological polar surface area (TPSA) is 35.3 Å². The summed E-state index contributed by atoms with van der Waals surface area (Å²) in [5.41, 5.74) is 2.98. The first-order chi connectivity index (χ1) is 7.74. The molecule has 1 aromatic heterocycles. The molecule has 0 aliphatic rings. The molecule has 0 spiro atoms. The minimum atomic E-state index is 0.700. The van der Waals surface area contributed by atoms with Crippen molar-refractivity contribution < 1.29 is 9.26 Å². The second-order valence-corrected chi connectivity index (χ2v) is 4.06. The lowest BCUT2D eigenvalue weighted by molar-refractivity contribution is 0.411. The molecule has 1 aromatic carbocycles. The Hall–Kier alpha value is -1.29. The van der Waals surface area contributed by atoms with E-state index in [1.165, 1.54) is 0 Å². The van der Waals surface area contributed by atoms with E-state index in [1.807, 2.05) is 31.2 Å². The Morgan fingerprint density at radius 3 is 2.75 bits per heavy atom. The fraction of sp³-hybridized carbons (Fsp3) is 0.250. The van der Waals surface area contributed by atoms with Crippen molar-refractivity contribution in [2.24, 2.45) is 0 Å². The minimum Gasteiger partial charge on any atom is -0.496 e. The first-order valence-corrected chi connectivity index (χ1v) is 6.03. The summed E-state index contributed by atoms with van der Waals surface area (Å²) >= 11 is 3.34. The number of ether oxygens (including phenoxy) is 1. The monoisotopic (exact) mass is 281 g/mol. The molecule has 0 bridgehead atoms. The number of hydrogen-bond acceptors (Lipinski definition) is 3. The Balaban J connectivity index is 2.37. The molecule has 0 aliphatic carbocycles. The summed E-state index contributed by atoms with van der Waals surface area (Å²) in [5, 5.41) is 4.63. The standard InChI is InChI=1S/C12H12BrNO2/c1-8-5-9(3-4-11(8)15-2)12-6-10(7-13)14-16-12/h3-6H,7H2,1-2H3. The van der Waals surface area contributed by atoms with Gasteiger partial charge in [0.2, 0.25) is 0 Å². The van der Waals surface area contributed by atoms with Crippen molar-refractivity contribution in [1.29, 1.82) is 0 Å². The highest BCUT2D eigenvalue weighted by atomic mass is 79.9. The highest BCUT2D eigenvalue weighted by Crippen LogP contribution is 2.26. The normalized spacial score (nSPS) is 10.4. The molecule has 0 saturated heterocycles. The van der Waals surface area contributed by atoms with Gasteiger partial charge in [0, 0.05) is 17.0 Å². The molecule has 4 heteroatoms. The zero-order valence-electron chi connectivity index (χ0n) is 9.16. The Kier molecular flexibility index (Phi) is 3.29. The number of hydrogen-bond donors (Lipinski definition) is 0. The predicted molar refractivity (Wildman–Crippen MR) is 65.9 cm³/mol. The Morgan fingerprint density at radius 1 is 1.38 bits per heavy atom. The molecule has 2 rings (SSSR count). The Morgan fingerprint density at radius 2 is 2.19 bits per heavy atom. The third-order valence-corrected chi connectivity index (χ3v) is 2.95. The van der Waals surface area contributed by atoms with Crippen molar-refractivity contribution in [1.82, 2.24) is 5.16 Å². The summed E-state index contributed by atoms with van der Waals surface area (Å²) in [7, 11) is 1.67. The van der Waals surface area contributed by atoms with Gasteiger partial charge >= 0.3 is 0 Å². The van der Waals surface area contributed by atoms with Gasteiger partial charge in [-0.1, -0.05) is 21.1 Å². The molecule has 2 aromatic rings. The van der Waals surface area contributed by atoms with E-state index in [1.54, 1.807) is 7.11 Å². The van der Waals surface area contributed by atoms with Gasteiger partial charge in [-0.2, -0.15) is 0 Å². The van der Waals surface area contributed by atoms with Crippen molar-refractivity contribution in [3.63, 3.8) is 0 Å². The molecular weight excluding hydrogens is 270 g/mol. The molecule has 84 valence electrons. The van der Waals surface area contributed by atoms with Gasteiger partial charge in [0.05, 0.1) is 12.8 Å². The average molecular weight is 282 g/mol. The number of rotatable bonds is 3. The van der Waals surface area contributed by atoms with Gasteiger partial charge in [-0.15, -0.1) is 0 Å². The Labute approximate surface area is 103 Å². The maximum absolute atomic E-state index is 5.25. The van der Waals surface area contributed by atoms with Crippen molar-refractivity contribution in [2.75, 3.05) is 7.11 Å². The fourth-order valence-electron chi connectivity index (χ4n) is 1.54. The van der Waals surface area contributed by atoms with Crippen molar-refractivity contribution in [2.45, 2.75) is 12.3 Å². The summed E-state index contributed by atoms with van der Waals surface area (Å²) in [6.45, 7) is 2.00. The van der Waals surface area contributed by atoms with E-state index >= 15 is 0 Å². The van der Waals surface area contributed by atoms with Crippen molar-refractivity contribution in [3.8, 4) is 17.1 Å². The van der Waals surface area contributed by atoms with Crippen LogP contribution in [0, 0.1) is 6.92 Å². The first kappa shape index (κ1) is 11.2. The van der Waals surface area contributed by atoms with Crippen LogP contribution < -0.4 is 4.74 Å². The average Bonchev–Trinajstić information content (AvgIpc) is 2.77. The molecule has 0 aliphatic heterocycles. The highest BCUT2D eigenvalue weighted by molar-refractivity contribution is 9.08. The molecule has 0 N–H and O–H groups in total. The third kappa shape index (κ3) is 2.11. The highest BCUT2D eigenvalue weighted by Gasteiger charge is 2.07. The van der Waals surface area contributed by atoms with Crippen LogP contribution in [0.15, 0.2) is 28.8 Å². The minimum absolute atomic E-state index is 0.700. The lowest BCUT2D eigenvalue weighted by atomic mass is 10.1. The number of aromatic nitrogens is 1. The van der Waals surface area contributed by atoms with E-state index in [0.717, 1.165) is 28.3 Å². The first-order valence-electron chi connectivity index (χ1n) is 4.91. The molecule has 3 nitrogen and oxygen atoms in total. The van der Waals surface area contributed by atoms with E-state index in [9.17, 15) is 0 Å². The summed E-state index contributed by atoms with van der Waals surface area (Å²) in [6, 6.07) is 7.85. The number of alkyl halides is 1. The predicted octanol–water partition coefficient (Wildman–Crippen LogP) is 3.55. The number of nitrogens with zero attached hydrogens (tertiary/aromatic N) is 1. The third-order valence-electron chi connectivity index (χ3n) is 2.38. The lowest BCUT2D eigenvalue weighted by Gasteiger charge is -2.04. The molecule has 1 heterocycles. The van der Waals surface area contributed by atoms with Gasteiger partial charge in [-0.05, 0) is 30.7 Å². The SMILES string of the molecule is COc1ccc(-c2cc(CBr)no2)cc1C. The van der Waals surface area contributed by atoms with Gasteiger partial charge in [0.15, 0.2) is 5.76 Å². The van der Waals surface area contributed by atoms with Crippen LogP contribution >= 0.6 is 15.9 Å². The molecular formula is C12H12BrNO2. The maximum Gasteiger partial charge on any atom is 0.167 e. The zero-order valence-corrected chi connectivity index (χ0v) is 10.7. The molecule has 0 saturated carbocycles. The van der Waals surface area contributed by atoms with Crippen LogP contribution in [-0.4, -0.2) is 12.3 Å². The smallest absolute Gasteiger partial charge is 0.167 e. The van der Waals surface area contributed by atoms with Crippen LogP contribution in [0.2, 0.25) is 0 Å². The molecule has 0 unspecified atom stereocenters. The second kappa shape index (κ2) is 4.70. The molecule has 0 amide bonds. The second-order valence-electron chi connectivity index (χ2n) is 3.50. The van der Waals surface area contributed by atoms with E-state index in [-0.39, 0.29) is 0 Å². The number of methoxy groups -OCH3 is 1. The zero-order chi connectivity index (χ0) is 11.5. The van der Waals surface area contributed by atoms with Gasteiger partial charge in [0.25, 0.3) is 0 Å². The van der Waals surface area contributed by atoms with Gasteiger partial charge in [-0.3, -0.25) is 0 Å². The van der Waals surface area contributed by atoms with Crippen LogP contribution in [0.4, 0.5) is 0 Å². The van der Waals surface area contributed by atoms with E-state index in [4.69, 9.17) is 9.26 Å². The summed E-state index contributed by atoms with van der Waals surface area (Å²) in [5.74, 6) is 1.66. The van der Waals surface area contributed by atoms with Crippen LogP contribution in [0.25, 0.3) is 11.3 Å². The number of halogens is 1. The van der Waals surface area contributed by atoms with Crippen LogP contribution in [0.5, 0.6) is 5.75 Å². The number of aryl methyl sites for hydroxylation is 1. The van der Waals surface area contributed by atoms with E-state index in [0.29, 0.717) is 5.33 Å². The largest absolute Gasteiger partial charge is 0.496 e. The molecule has 0 atom stereocenters. The van der Waals surface area contributed by atoms with Crippen molar-refractivity contribution >= 4 is 15.9 Å². The molecule has 0 radical (unpaired) electrons. The quantitative estimate of drug-likeness (QED) is 0.807. The van der Waals surface area contributed by atoms with Gasteiger partial charge in [0.1, 0.15) is 5.75 Å². The Bertz CT molecular complexity index is 494. The lowest BCUT2D eigenvalue weighted by Crippen LogP contribution is -1.87. The fourth-order valence-corrected chi connectivity index (χ4v) is 1.81. The molecule has 16 heavy (non-hydrogen) atoms. The van der Waals surface area contributed by atoms with Crippen LogP contribution in [0.3, 0.4) is 0 Å². The summed E-state index contributed by atoms with van der Waals surface area (Å²) in [6.07, 6.45) is 0. The van der Waals surface area contributed by atoms with Crippen LogP contribution in [-0.2, 0) is 5.33 Å². The number of benzene rings is 1.